The molecule has 5 heteroatoms. The molecule has 0 heterocycles. The van der Waals surface area contributed by atoms with Gasteiger partial charge in [0.1, 0.15) is 0 Å². The van der Waals surface area contributed by atoms with Crippen LogP contribution in [0.1, 0.15) is 24.5 Å². The number of hydrogen-bond acceptors (Lipinski definition) is 3. The maximum Gasteiger partial charge on any atom is 0.240 e. The molecule has 0 aliphatic rings. The number of benzene rings is 2. The van der Waals surface area contributed by atoms with Crippen LogP contribution in [-0.4, -0.2) is 17.4 Å². The highest BCUT2D eigenvalue weighted by Gasteiger charge is 2.02. The maximum atomic E-state index is 11.8. The molecule has 0 aliphatic heterocycles. The third-order valence-electron chi connectivity index (χ3n) is 3.23. The minimum absolute atomic E-state index is 0.0853. The van der Waals surface area contributed by atoms with Crippen LogP contribution in [0.25, 0.3) is 0 Å². The molecule has 0 spiro atoms. The minimum atomic E-state index is -0.0853. The van der Waals surface area contributed by atoms with E-state index in [0.717, 1.165) is 17.0 Å². The lowest BCUT2D eigenvalue weighted by molar-refractivity contribution is -0.120. The van der Waals surface area contributed by atoms with E-state index < -0.39 is 0 Å². The third kappa shape index (κ3) is 6.08. The van der Waals surface area contributed by atoms with Gasteiger partial charge in [0.25, 0.3) is 0 Å². The lowest BCUT2D eigenvalue weighted by Gasteiger charge is -2.04. The van der Waals surface area contributed by atoms with E-state index in [1.165, 1.54) is 10.5 Å². The summed E-state index contributed by atoms with van der Waals surface area (Å²) in [7, 11) is 0. The van der Waals surface area contributed by atoms with E-state index in [4.69, 9.17) is 11.6 Å². The lowest BCUT2D eigenvalue weighted by Crippen LogP contribution is -2.19. The van der Waals surface area contributed by atoms with Gasteiger partial charge in [-0.15, -0.1) is 11.8 Å². The Hall–Kier alpha value is -1.78. The Morgan fingerprint density at radius 1 is 1.13 bits per heavy atom. The predicted molar refractivity (Wildman–Crippen MR) is 98.3 cm³/mol. The Bertz CT molecular complexity index is 681. The van der Waals surface area contributed by atoms with Crippen molar-refractivity contribution in [2.75, 3.05) is 5.75 Å². The summed E-state index contributed by atoms with van der Waals surface area (Å²) in [6.07, 6.45) is 0.427. The summed E-state index contributed by atoms with van der Waals surface area (Å²) in [5.74, 6) is 0.641. The van der Waals surface area contributed by atoms with Crippen LogP contribution in [0.5, 0.6) is 0 Å². The number of thioether (sulfide) groups is 1. The monoisotopic (exact) mass is 346 g/mol. The van der Waals surface area contributed by atoms with Crippen LogP contribution >= 0.6 is 23.4 Å². The molecule has 0 fully saturated rings. The average molecular weight is 347 g/mol. The summed E-state index contributed by atoms with van der Waals surface area (Å²) in [5, 5.41) is 4.81. The summed E-state index contributed by atoms with van der Waals surface area (Å²) < 4.78 is 0. The van der Waals surface area contributed by atoms with Gasteiger partial charge in [0, 0.05) is 22.1 Å². The fourth-order valence-electron chi connectivity index (χ4n) is 1.85. The Labute approximate surface area is 146 Å². The van der Waals surface area contributed by atoms with Crippen LogP contribution in [0.3, 0.4) is 0 Å². The molecule has 1 amide bonds. The van der Waals surface area contributed by atoms with Crippen molar-refractivity contribution in [3.05, 3.63) is 64.7 Å². The average Bonchev–Trinajstić information content (AvgIpc) is 2.55. The maximum absolute atomic E-state index is 11.8. The standard InChI is InChI=1S/C18H19ClN2OS/c1-13-3-9-17(10-4-13)23-12-11-18(22)21-20-14(2)15-5-7-16(19)8-6-15/h3-10H,11-12H2,1-2H3,(H,21,22)/b20-14-. The number of nitrogens with one attached hydrogen (secondary N) is 1. The molecule has 23 heavy (non-hydrogen) atoms. The molecular weight excluding hydrogens is 328 g/mol. The number of carbonyl (C=O) groups excluding carboxylic acids is 1. The number of carbonyl (C=O) groups is 1. The van der Waals surface area contributed by atoms with E-state index in [1.807, 2.05) is 19.1 Å². The number of halogens is 1. The van der Waals surface area contributed by atoms with Gasteiger partial charge in [-0.2, -0.15) is 5.10 Å². The first-order valence-electron chi connectivity index (χ1n) is 7.33. The molecule has 0 atom stereocenters. The van der Waals surface area contributed by atoms with E-state index in [-0.39, 0.29) is 5.91 Å². The highest BCUT2D eigenvalue weighted by molar-refractivity contribution is 7.99. The van der Waals surface area contributed by atoms with Gasteiger partial charge >= 0.3 is 0 Å². The molecule has 0 radical (unpaired) electrons. The van der Waals surface area contributed by atoms with Crippen LogP contribution in [0.2, 0.25) is 5.02 Å². The van der Waals surface area contributed by atoms with E-state index >= 15 is 0 Å². The zero-order chi connectivity index (χ0) is 16.7. The van der Waals surface area contributed by atoms with Gasteiger partial charge in [-0.3, -0.25) is 4.79 Å². The summed E-state index contributed by atoms with van der Waals surface area (Å²) in [6.45, 7) is 3.91. The van der Waals surface area contributed by atoms with Gasteiger partial charge in [-0.1, -0.05) is 41.4 Å². The smallest absolute Gasteiger partial charge is 0.240 e. The van der Waals surface area contributed by atoms with Gasteiger partial charge < -0.3 is 0 Å². The van der Waals surface area contributed by atoms with Crippen molar-refractivity contribution in [2.24, 2.45) is 5.10 Å². The van der Waals surface area contributed by atoms with Crippen LogP contribution in [0.15, 0.2) is 58.5 Å². The van der Waals surface area contributed by atoms with E-state index in [9.17, 15) is 4.79 Å². The molecule has 120 valence electrons. The Morgan fingerprint density at radius 3 is 2.43 bits per heavy atom. The van der Waals surface area contributed by atoms with Gasteiger partial charge in [0.05, 0.1) is 5.71 Å². The van der Waals surface area contributed by atoms with Gasteiger partial charge in [-0.05, 0) is 43.7 Å². The highest BCUT2D eigenvalue weighted by Crippen LogP contribution is 2.18. The largest absolute Gasteiger partial charge is 0.273 e. The number of rotatable bonds is 6. The van der Waals surface area contributed by atoms with Crippen molar-refractivity contribution >= 4 is 35.0 Å². The normalized spacial score (nSPS) is 11.3. The Kier molecular flexibility index (Phi) is 6.68. The molecule has 2 rings (SSSR count). The van der Waals surface area contributed by atoms with Gasteiger partial charge in [0.2, 0.25) is 5.91 Å². The zero-order valence-corrected chi connectivity index (χ0v) is 14.7. The topological polar surface area (TPSA) is 41.5 Å². The quantitative estimate of drug-likeness (QED) is 0.469. The summed E-state index contributed by atoms with van der Waals surface area (Å²) in [4.78, 5) is 13.0. The van der Waals surface area contributed by atoms with Crippen molar-refractivity contribution in [2.45, 2.75) is 25.2 Å². The fraction of sp³-hybridized carbons (Fsp3) is 0.222. The van der Waals surface area contributed by atoms with E-state index in [1.54, 1.807) is 23.9 Å². The van der Waals surface area contributed by atoms with Crippen LogP contribution in [-0.2, 0) is 4.79 Å². The first-order chi connectivity index (χ1) is 11.0. The summed E-state index contributed by atoms with van der Waals surface area (Å²) in [6, 6.07) is 15.6. The molecule has 0 aliphatic carbocycles. The third-order valence-corrected chi connectivity index (χ3v) is 4.49. The summed E-state index contributed by atoms with van der Waals surface area (Å²) in [5.41, 5.74) is 5.51. The first-order valence-corrected chi connectivity index (χ1v) is 8.69. The second kappa shape index (κ2) is 8.75. The molecule has 2 aromatic rings. The van der Waals surface area contributed by atoms with Gasteiger partial charge in [0.15, 0.2) is 0 Å². The van der Waals surface area contributed by atoms with E-state index in [0.29, 0.717) is 11.4 Å². The predicted octanol–water partition coefficient (Wildman–Crippen LogP) is 4.67. The second-order valence-electron chi connectivity index (χ2n) is 5.15. The van der Waals surface area contributed by atoms with Crippen LogP contribution in [0.4, 0.5) is 0 Å². The number of amides is 1. The van der Waals surface area contributed by atoms with E-state index in [2.05, 4.69) is 41.7 Å². The first kappa shape index (κ1) is 17.6. The number of hydrazone groups is 1. The SMILES string of the molecule is C/C(=N/NC(=O)CCSc1ccc(C)cc1)c1ccc(Cl)cc1. The lowest BCUT2D eigenvalue weighted by atomic mass is 10.1. The summed E-state index contributed by atoms with van der Waals surface area (Å²) >= 11 is 7.51. The molecule has 0 saturated heterocycles. The van der Waals surface area contributed by atoms with Crippen molar-refractivity contribution in [1.29, 1.82) is 0 Å². The molecule has 0 saturated carbocycles. The molecule has 1 N–H and O–H groups in total. The molecule has 2 aromatic carbocycles. The molecule has 3 nitrogen and oxygen atoms in total. The van der Waals surface area contributed by atoms with Crippen molar-refractivity contribution in [1.82, 2.24) is 5.43 Å². The Balaban J connectivity index is 1.77. The van der Waals surface area contributed by atoms with Crippen molar-refractivity contribution < 1.29 is 4.79 Å². The molecule has 0 aromatic heterocycles. The fourth-order valence-corrected chi connectivity index (χ4v) is 2.83. The highest BCUT2D eigenvalue weighted by atomic mass is 35.5. The van der Waals surface area contributed by atoms with Crippen LogP contribution in [0, 0.1) is 6.92 Å². The number of hydrogen-bond donors (Lipinski definition) is 1. The van der Waals surface area contributed by atoms with Crippen LogP contribution < -0.4 is 5.43 Å². The molecule has 0 bridgehead atoms. The molecule has 0 unspecified atom stereocenters. The van der Waals surface area contributed by atoms with Gasteiger partial charge in [-0.25, -0.2) is 5.43 Å². The number of aryl methyl sites for hydroxylation is 1. The number of nitrogens with zero attached hydrogens (tertiary/aromatic N) is 1. The van der Waals surface area contributed by atoms with Crippen molar-refractivity contribution in [3.63, 3.8) is 0 Å². The zero-order valence-electron chi connectivity index (χ0n) is 13.2. The second-order valence-corrected chi connectivity index (χ2v) is 6.76. The van der Waals surface area contributed by atoms with Crippen molar-refractivity contribution in [3.8, 4) is 0 Å². The Morgan fingerprint density at radius 2 is 1.78 bits per heavy atom. The minimum Gasteiger partial charge on any atom is -0.273 e. The molecular formula is C18H19ClN2OS.